The van der Waals surface area contributed by atoms with E-state index in [9.17, 15) is 4.79 Å². The molecule has 2 aromatic heterocycles. The third-order valence-electron chi connectivity index (χ3n) is 7.28. The zero-order valence-electron chi connectivity index (χ0n) is 19.6. The molecule has 1 unspecified atom stereocenters. The van der Waals surface area contributed by atoms with Gasteiger partial charge in [0.25, 0.3) is 5.56 Å². The number of nitrogens with one attached hydrogen (secondary N) is 1. The summed E-state index contributed by atoms with van der Waals surface area (Å²) < 4.78 is 2.57. The Morgan fingerprint density at radius 2 is 1.81 bits per heavy atom. The normalized spacial score (nSPS) is 17.1. The highest BCUT2D eigenvalue weighted by Gasteiger charge is 2.32. The lowest BCUT2D eigenvalue weighted by atomic mass is 9.83. The molecule has 7 rings (SSSR count). The van der Waals surface area contributed by atoms with Crippen molar-refractivity contribution in [2.75, 3.05) is 0 Å². The summed E-state index contributed by atoms with van der Waals surface area (Å²) in [6.07, 6.45) is 3.83. The monoisotopic (exact) mass is 507 g/mol. The van der Waals surface area contributed by atoms with Gasteiger partial charge < -0.3 is 4.98 Å². The fourth-order valence-corrected chi connectivity index (χ4v) is 6.69. The van der Waals surface area contributed by atoms with Gasteiger partial charge in [-0.2, -0.15) is 0 Å². The number of aromatic amines is 1. The van der Waals surface area contributed by atoms with Crippen molar-refractivity contribution in [3.05, 3.63) is 131 Å². The van der Waals surface area contributed by atoms with E-state index in [1.165, 1.54) is 28.0 Å². The number of hydrogen-bond acceptors (Lipinski definition) is 3. The van der Waals surface area contributed by atoms with E-state index in [4.69, 9.17) is 16.6 Å². The van der Waals surface area contributed by atoms with Crippen LogP contribution in [0.5, 0.6) is 0 Å². The van der Waals surface area contributed by atoms with Crippen LogP contribution in [0.15, 0.2) is 88.2 Å². The standard InChI is InChI=1S/C30H22ClN3OS/c1-17-24(22-8-4-5-9-25(22)32-17)16-26-29(35)34-28(19-10-13-20(31)14-11-19)23-15-12-18-6-2-3-7-21(18)27(23)33-30(34)36-26/h2-11,13-14,16,28,32H,12,15H2,1H3/b26-16-. The molecule has 3 heterocycles. The van der Waals surface area contributed by atoms with E-state index in [-0.39, 0.29) is 11.6 Å². The topological polar surface area (TPSA) is 50.1 Å². The van der Waals surface area contributed by atoms with Crippen LogP contribution in [0.25, 0.3) is 22.7 Å². The highest BCUT2D eigenvalue weighted by molar-refractivity contribution is 7.07. The van der Waals surface area contributed by atoms with Gasteiger partial charge in [0, 0.05) is 32.7 Å². The number of aryl methyl sites for hydroxylation is 2. The number of para-hydroxylation sites is 1. The third-order valence-corrected chi connectivity index (χ3v) is 8.51. The van der Waals surface area contributed by atoms with Gasteiger partial charge in [0.15, 0.2) is 4.80 Å². The van der Waals surface area contributed by atoms with Crippen molar-refractivity contribution in [3.8, 4) is 0 Å². The summed E-state index contributed by atoms with van der Waals surface area (Å²) in [5, 5.41) is 1.80. The first-order valence-corrected chi connectivity index (χ1v) is 13.2. The maximum Gasteiger partial charge on any atom is 0.271 e. The van der Waals surface area contributed by atoms with Crippen molar-refractivity contribution in [2.24, 2.45) is 4.99 Å². The molecule has 1 N–H and O–H groups in total. The number of hydrogen-bond donors (Lipinski definition) is 1. The molecule has 5 aromatic rings. The molecule has 176 valence electrons. The zero-order chi connectivity index (χ0) is 24.4. The first-order valence-electron chi connectivity index (χ1n) is 12.0. The quantitative estimate of drug-likeness (QED) is 0.324. The number of aromatic nitrogens is 2. The molecule has 0 spiro atoms. The Balaban J connectivity index is 1.51. The molecule has 6 heteroatoms. The number of nitrogens with zero attached hydrogens (tertiary/aromatic N) is 2. The fourth-order valence-electron chi connectivity index (χ4n) is 5.58. The Hall–Kier alpha value is -3.67. The Labute approximate surface area is 216 Å². The molecule has 3 aromatic carbocycles. The average Bonchev–Trinajstić information content (AvgIpc) is 3.39. The van der Waals surface area contributed by atoms with Gasteiger partial charge in [0.2, 0.25) is 0 Å². The van der Waals surface area contributed by atoms with E-state index in [0.29, 0.717) is 9.55 Å². The summed E-state index contributed by atoms with van der Waals surface area (Å²) in [6.45, 7) is 2.05. The lowest BCUT2D eigenvalue weighted by Gasteiger charge is -2.30. The van der Waals surface area contributed by atoms with E-state index in [1.807, 2.05) is 47.0 Å². The summed E-state index contributed by atoms with van der Waals surface area (Å²) in [5.41, 5.74) is 8.89. The van der Waals surface area contributed by atoms with Crippen LogP contribution in [-0.4, -0.2) is 9.55 Å². The van der Waals surface area contributed by atoms with Crippen molar-refractivity contribution >= 4 is 45.6 Å². The molecule has 0 radical (unpaired) electrons. The molecule has 2 aliphatic rings. The van der Waals surface area contributed by atoms with Crippen LogP contribution in [0, 0.1) is 6.92 Å². The van der Waals surface area contributed by atoms with Crippen LogP contribution in [0.3, 0.4) is 0 Å². The number of benzene rings is 3. The second-order valence-electron chi connectivity index (χ2n) is 9.37. The van der Waals surface area contributed by atoms with Gasteiger partial charge in [-0.05, 0) is 60.7 Å². The Kier molecular flexibility index (Phi) is 4.91. The van der Waals surface area contributed by atoms with E-state index < -0.39 is 0 Å². The molecule has 0 fully saturated rings. The van der Waals surface area contributed by atoms with Gasteiger partial charge in [-0.1, -0.05) is 77.5 Å². The summed E-state index contributed by atoms with van der Waals surface area (Å²) >= 11 is 7.69. The van der Waals surface area contributed by atoms with E-state index in [2.05, 4.69) is 48.3 Å². The number of H-pyrrole nitrogens is 1. The first-order chi connectivity index (χ1) is 17.6. The van der Waals surface area contributed by atoms with Gasteiger partial charge in [-0.15, -0.1) is 0 Å². The SMILES string of the molecule is Cc1[nH]c2ccccc2c1/C=c1\sc2n(c1=O)C(c1ccc(Cl)cc1)C1=C(N=2)c2ccccc2CC1. The van der Waals surface area contributed by atoms with E-state index >= 15 is 0 Å². The Morgan fingerprint density at radius 1 is 1.03 bits per heavy atom. The van der Waals surface area contributed by atoms with Gasteiger partial charge in [0.1, 0.15) is 0 Å². The van der Waals surface area contributed by atoms with Gasteiger partial charge in [-0.25, -0.2) is 4.99 Å². The largest absolute Gasteiger partial charge is 0.358 e. The van der Waals surface area contributed by atoms with Crippen LogP contribution in [0.2, 0.25) is 5.02 Å². The van der Waals surface area contributed by atoms with Crippen molar-refractivity contribution in [1.29, 1.82) is 0 Å². The van der Waals surface area contributed by atoms with Crippen molar-refractivity contribution in [2.45, 2.75) is 25.8 Å². The highest BCUT2D eigenvalue weighted by atomic mass is 35.5. The zero-order valence-corrected chi connectivity index (χ0v) is 21.2. The number of allylic oxidation sites excluding steroid dienone is 1. The molecule has 4 nitrogen and oxygen atoms in total. The summed E-state index contributed by atoms with van der Waals surface area (Å²) in [4.78, 5) is 23.3. The molecule has 1 atom stereocenters. The highest BCUT2D eigenvalue weighted by Crippen LogP contribution is 2.41. The summed E-state index contributed by atoms with van der Waals surface area (Å²) in [7, 11) is 0. The molecule has 0 bridgehead atoms. The molecular formula is C30H22ClN3OS. The van der Waals surface area contributed by atoms with Gasteiger partial charge >= 0.3 is 0 Å². The van der Waals surface area contributed by atoms with Crippen molar-refractivity contribution in [3.63, 3.8) is 0 Å². The minimum Gasteiger partial charge on any atom is -0.358 e. The number of halogens is 1. The minimum absolute atomic E-state index is 0.00575. The average molecular weight is 508 g/mol. The smallest absolute Gasteiger partial charge is 0.271 e. The third kappa shape index (κ3) is 3.27. The maximum atomic E-state index is 14.0. The second-order valence-corrected chi connectivity index (χ2v) is 10.8. The summed E-state index contributed by atoms with van der Waals surface area (Å²) in [6, 6.07) is 24.3. The van der Waals surface area contributed by atoms with Gasteiger partial charge in [0.05, 0.1) is 16.3 Å². The molecule has 0 amide bonds. The second kappa shape index (κ2) is 8.19. The van der Waals surface area contributed by atoms with Crippen molar-refractivity contribution in [1.82, 2.24) is 9.55 Å². The predicted molar refractivity (Wildman–Crippen MR) is 147 cm³/mol. The lowest BCUT2D eigenvalue weighted by molar-refractivity contribution is 0.585. The minimum atomic E-state index is -0.201. The Bertz CT molecular complexity index is 1890. The maximum absolute atomic E-state index is 14.0. The van der Waals surface area contributed by atoms with Crippen LogP contribution >= 0.6 is 22.9 Å². The fraction of sp³-hybridized carbons (Fsp3) is 0.133. The lowest BCUT2D eigenvalue weighted by Crippen LogP contribution is -2.38. The summed E-state index contributed by atoms with van der Waals surface area (Å²) in [5.74, 6) is 0. The number of rotatable bonds is 2. The predicted octanol–water partition coefficient (Wildman–Crippen LogP) is 5.76. The van der Waals surface area contributed by atoms with Crippen LogP contribution in [0.4, 0.5) is 0 Å². The molecule has 0 saturated heterocycles. The molecular weight excluding hydrogens is 486 g/mol. The Morgan fingerprint density at radius 3 is 2.67 bits per heavy atom. The molecule has 0 saturated carbocycles. The van der Waals surface area contributed by atoms with E-state index in [1.54, 1.807) is 0 Å². The van der Waals surface area contributed by atoms with Crippen LogP contribution in [-0.2, 0) is 6.42 Å². The number of thiazole rings is 1. The van der Waals surface area contributed by atoms with Crippen LogP contribution in [0.1, 0.15) is 40.4 Å². The first kappa shape index (κ1) is 21.6. The van der Waals surface area contributed by atoms with Crippen molar-refractivity contribution < 1.29 is 0 Å². The molecule has 36 heavy (non-hydrogen) atoms. The molecule has 1 aliphatic heterocycles. The molecule has 1 aliphatic carbocycles. The van der Waals surface area contributed by atoms with Crippen LogP contribution < -0.4 is 14.9 Å². The van der Waals surface area contributed by atoms with Gasteiger partial charge in [-0.3, -0.25) is 9.36 Å². The van der Waals surface area contributed by atoms with E-state index in [0.717, 1.165) is 51.1 Å². The number of fused-ring (bicyclic) bond motifs is 4.